The summed E-state index contributed by atoms with van der Waals surface area (Å²) >= 11 is 0. The summed E-state index contributed by atoms with van der Waals surface area (Å²) in [5.41, 5.74) is 8.94. The molecule has 1 N–H and O–H groups in total. The monoisotopic (exact) mass is 424 g/mol. The molecule has 1 saturated carbocycles. The lowest BCUT2D eigenvalue weighted by atomic mass is 9.97. The summed E-state index contributed by atoms with van der Waals surface area (Å²) in [6, 6.07) is 24.3. The van der Waals surface area contributed by atoms with Gasteiger partial charge in [0.15, 0.2) is 0 Å². The van der Waals surface area contributed by atoms with Crippen molar-refractivity contribution in [2.45, 2.75) is 44.3 Å². The summed E-state index contributed by atoms with van der Waals surface area (Å²) in [5.74, 6) is 0.102. The highest BCUT2D eigenvalue weighted by Gasteiger charge is 2.30. The Balaban J connectivity index is 1.11. The van der Waals surface area contributed by atoms with Crippen LogP contribution in [0.25, 0.3) is 11.1 Å². The number of amides is 1. The molecule has 4 nitrogen and oxygen atoms in total. The van der Waals surface area contributed by atoms with Gasteiger partial charge in [0, 0.05) is 31.6 Å². The van der Waals surface area contributed by atoms with Crippen LogP contribution in [0.3, 0.4) is 0 Å². The predicted octanol–water partition coefficient (Wildman–Crippen LogP) is 5.25. The maximum Gasteiger partial charge on any atom is 0.410 e. The average molecular weight is 425 g/mol. The van der Waals surface area contributed by atoms with Crippen molar-refractivity contribution >= 4 is 6.09 Å². The van der Waals surface area contributed by atoms with Crippen molar-refractivity contribution in [3.63, 3.8) is 0 Å². The number of nitrogens with zero attached hydrogens (tertiary/aromatic N) is 1. The lowest BCUT2D eigenvalue weighted by Crippen LogP contribution is -2.37. The number of benzene rings is 3. The first-order valence-corrected chi connectivity index (χ1v) is 11.7. The number of fused-ring (bicyclic) bond motifs is 4. The zero-order chi connectivity index (χ0) is 21.5. The minimum Gasteiger partial charge on any atom is -0.448 e. The standard InChI is InChI=1S/C28H28N2O2/c31-28(30-14-13-20-15-19(9-10-21(20)17-30)16-29-22-11-12-22)32-18-27-25-7-3-1-5-23(25)24-6-2-4-8-26(24)27/h1-10,15,22,27,29H,11-14,16-18H2. The van der Waals surface area contributed by atoms with Crippen LogP contribution in [0.1, 0.15) is 46.6 Å². The molecule has 0 saturated heterocycles. The Hall–Kier alpha value is -3.11. The summed E-state index contributed by atoms with van der Waals surface area (Å²) in [7, 11) is 0. The van der Waals surface area contributed by atoms with Gasteiger partial charge in [-0.05, 0) is 58.2 Å². The molecule has 6 rings (SSSR count). The van der Waals surface area contributed by atoms with Gasteiger partial charge in [-0.2, -0.15) is 0 Å². The molecular formula is C28H28N2O2. The van der Waals surface area contributed by atoms with Crippen LogP contribution in [0.2, 0.25) is 0 Å². The molecule has 32 heavy (non-hydrogen) atoms. The highest BCUT2D eigenvalue weighted by Crippen LogP contribution is 2.44. The highest BCUT2D eigenvalue weighted by atomic mass is 16.6. The number of rotatable bonds is 5. The Labute approximate surface area is 189 Å². The summed E-state index contributed by atoms with van der Waals surface area (Å²) in [6.07, 6.45) is 3.29. The van der Waals surface area contributed by atoms with Gasteiger partial charge < -0.3 is 15.0 Å². The molecule has 0 atom stereocenters. The van der Waals surface area contributed by atoms with Gasteiger partial charge in [0.05, 0.1) is 0 Å². The van der Waals surface area contributed by atoms with Gasteiger partial charge in [0.25, 0.3) is 0 Å². The topological polar surface area (TPSA) is 41.6 Å². The zero-order valence-corrected chi connectivity index (χ0v) is 18.2. The Morgan fingerprint density at radius 1 is 0.938 bits per heavy atom. The Morgan fingerprint density at radius 2 is 1.66 bits per heavy atom. The van der Waals surface area contributed by atoms with Crippen LogP contribution < -0.4 is 5.32 Å². The molecule has 0 spiro atoms. The van der Waals surface area contributed by atoms with E-state index >= 15 is 0 Å². The van der Waals surface area contributed by atoms with Gasteiger partial charge in [0.1, 0.15) is 6.61 Å². The van der Waals surface area contributed by atoms with Crippen LogP contribution in [0.4, 0.5) is 4.79 Å². The minimum absolute atomic E-state index is 0.102. The quantitative estimate of drug-likeness (QED) is 0.609. The molecule has 1 amide bonds. The van der Waals surface area contributed by atoms with Crippen molar-refractivity contribution in [3.05, 3.63) is 94.5 Å². The van der Waals surface area contributed by atoms with Gasteiger partial charge in [-0.15, -0.1) is 0 Å². The lowest BCUT2D eigenvalue weighted by molar-refractivity contribution is 0.0953. The molecule has 2 aliphatic carbocycles. The van der Waals surface area contributed by atoms with Gasteiger partial charge in [0.2, 0.25) is 0 Å². The Morgan fingerprint density at radius 3 is 2.38 bits per heavy atom. The van der Waals surface area contributed by atoms with Crippen LogP contribution in [-0.4, -0.2) is 30.2 Å². The molecule has 1 heterocycles. The maximum absolute atomic E-state index is 12.9. The summed E-state index contributed by atoms with van der Waals surface area (Å²) in [5, 5.41) is 3.58. The molecule has 1 aliphatic heterocycles. The molecule has 0 bridgehead atoms. The summed E-state index contributed by atoms with van der Waals surface area (Å²) < 4.78 is 5.87. The largest absolute Gasteiger partial charge is 0.448 e. The zero-order valence-electron chi connectivity index (χ0n) is 18.2. The van der Waals surface area contributed by atoms with Crippen molar-refractivity contribution < 1.29 is 9.53 Å². The number of ether oxygens (including phenoxy) is 1. The van der Waals surface area contributed by atoms with Gasteiger partial charge in [-0.25, -0.2) is 4.79 Å². The van der Waals surface area contributed by atoms with Crippen molar-refractivity contribution in [3.8, 4) is 11.1 Å². The minimum atomic E-state index is -0.211. The number of carbonyl (C=O) groups is 1. The van der Waals surface area contributed by atoms with E-state index in [9.17, 15) is 4.79 Å². The van der Waals surface area contributed by atoms with Crippen LogP contribution in [-0.2, 0) is 24.2 Å². The van der Waals surface area contributed by atoms with E-state index in [0.29, 0.717) is 19.7 Å². The molecule has 4 heteroatoms. The molecule has 3 aromatic rings. The number of hydrogen-bond donors (Lipinski definition) is 1. The first kappa shape index (κ1) is 19.6. The third-order valence-electron chi connectivity index (χ3n) is 7.05. The van der Waals surface area contributed by atoms with Crippen LogP contribution in [0.15, 0.2) is 66.7 Å². The van der Waals surface area contributed by atoms with E-state index in [0.717, 1.165) is 19.0 Å². The molecule has 3 aromatic carbocycles. The highest BCUT2D eigenvalue weighted by molar-refractivity contribution is 5.79. The summed E-state index contributed by atoms with van der Waals surface area (Å²) in [6.45, 7) is 2.65. The molecular weight excluding hydrogens is 396 g/mol. The fourth-order valence-corrected chi connectivity index (χ4v) is 5.11. The van der Waals surface area contributed by atoms with Crippen molar-refractivity contribution in [1.29, 1.82) is 0 Å². The van der Waals surface area contributed by atoms with Crippen molar-refractivity contribution in [1.82, 2.24) is 10.2 Å². The molecule has 162 valence electrons. The smallest absolute Gasteiger partial charge is 0.410 e. The third kappa shape index (κ3) is 3.69. The second-order valence-electron chi connectivity index (χ2n) is 9.23. The van der Waals surface area contributed by atoms with E-state index in [1.165, 1.54) is 51.8 Å². The van der Waals surface area contributed by atoms with E-state index in [4.69, 9.17) is 4.74 Å². The van der Waals surface area contributed by atoms with Gasteiger partial charge in [-0.3, -0.25) is 0 Å². The molecule has 1 fully saturated rings. The van der Waals surface area contributed by atoms with Crippen LogP contribution in [0, 0.1) is 0 Å². The number of carbonyl (C=O) groups excluding carboxylic acids is 1. The first-order chi connectivity index (χ1) is 15.8. The van der Waals surface area contributed by atoms with Crippen LogP contribution in [0.5, 0.6) is 0 Å². The van der Waals surface area contributed by atoms with E-state index in [-0.39, 0.29) is 12.0 Å². The second-order valence-corrected chi connectivity index (χ2v) is 9.23. The lowest BCUT2D eigenvalue weighted by Gasteiger charge is -2.29. The Bertz CT molecular complexity index is 1120. The maximum atomic E-state index is 12.9. The molecule has 0 radical (unpaired) electrons. The SMILES string of the molecule is O=C(OCC1c2ccccc2-c2ccccc21)N1CCc2cc(CNC3CC3)ccc2C1. The van der Waals surface area contributed by atoms with E-state index in [1.807, 2.05) is 4.90 Å². The van der Waals surface area contributed by atoms with E-state index in [1.54, 1.807) is 0 Å². The van der Waals surface area contributed by atoms with Crippen molar-refractivity contribution in [2.75, 3.05) is 13.2 Å². The van der Waals surface area contributed by atoms with Gasteiger partial charge in [-0.1, -0.05) is 66.7 Å². The molecule has 0 aromatic heterocycles. The number of hydrogen-bond acceptors (Lipinski definition) is 3. The van der Waals surface area contributed by atoms with Gasteiger partial charge >= 0.3 is 6.09 Å². The fraction of sp³-hybridized carbons (Fsp3) is 0.321. The molecule has 3 aliphatic rings. The van der Waals surface area contributed by atoms with E-state index < -0.39 is 0 Å². The van der Waals surface area contributed by atoms with Crippen LogP contribution >= 0.6 is 0 Å². The average Bonchev–Trinajstić information content (AvgIpc) is 3.62. The Kier molecular flexibility index (Phi) is 4.95. The first-order valence-electron chi connectivity index (χ1n) is 11.7. The molecule has 0 unspecified atom stereocenters. The van der Waals surface area contributed by atoms with E-state index in [2.05, 4.69) is 72.0 Å². The third-order valence-corrected chi connectivity index (χ3v) is 7.05. The fourth-order valence-electron chi connectivity index (χ4n) is 5.11. The van der Waals surface area contributed by atoms with Crippen molar-refractivity contribution in [2.24, 2.45) is 0 Å². The predicted molar refractivity (Wildman–Crippen MR) is 125 cm³/mol. The number of nitrogens with one attached hydrogen (secondary N) is 1. The normalized spacial score (nSPS) is 16.9. The second kappa shape index (κ2) is 8.10. The summed E-state index contributed by atoms with van der Waals surface area (Å²) in [4.78, 5) is 14.8.